The summed E-state index contributed by atoms with van der Waals surface area (Å²) in [5, 5.41) is 3.44. The van der Waals surface area contributed by atoms with E-state index in [4.69, 9.17) is 10.5 Å². The van der Waals surface area contributed by atoms with E-state index in [1.165, 1.54) is 0 Å². The maximum atomic E-state index is 12.0. The molecule has 0 aromatic heterocycles. The van der Waals surface area contributed by atoms with Gasteiger partial charge in [-0.3, -0.25) is 4.79 Å². The van der Waals surface area contributed by atoms with Gasteiger partial charge in [-0.25, -0.2) is 0 Å². The first-order chi connectivity index (χ1) is 8.85. The molecular formula is C15H30N2O2. The number of carbonyl (C=O) groups is 1. The van der Waals surface area contributed by atoms with E-state index >= 15 is 0 Å². The number of nitrogens with one attached hydrogen (secondary N) is 1. The molecule has 1 amide bonds. The van der Waals surface area contributed by atoms with E-state index < -0.39 is 5.54 Å². The molecule has 1 aliphatic heterocycles. The monoisotopic (exact) mass is 270 g/mol. The van der Waals surface area contributed by atoms with Gasteiger partial charge in [-0.1, -0.05) is 27.7 Å². The van der Waals surface area contributed by atoms with Crippen LogP contribution in [0.25, 0.3) is 0 Å². The number of carbonyl (C=O) groups excluding carboxylic acids is 1. The Morgan fingerprint density at radius 1 is 1.32 bits per heavy atom. The number of ether oxygens (including phenoxy) is 1. The number of rotatable bonds is 8. The maximum Gasteiger partial charge on any atom is 0.237 e. The number of nitrogens with two attached hydrogens (primary N) is 1. The molecule has 4 heteroatoms. The van der Waals surface area contributed by atoms with Crippen molar-refractivity contribution in [2.24, 2.45) is 17.6 Å². The molecule has 0 saturated carbocycles. The summed E-state index contributed by atoms with van der Waals surface area (Å²) in [6, 6.07) is 0. The smallest absolute Gasteiger partial charge is 0.237 e. The van der Waals surface area contributed by atoms with Crippen molar-refractivity contribution in [3.63, 3.8) is 0 Å². The minimum atomic E-state index is -0.589. The molecule has 1 rings (SSSR count). The molecule has 3 N–H and O–H groups in total. The van der Waals surface area contributed by atoms with Crippen molar-refractivity contribution < 1.29 is 9.53 Å². The molecule has 4 nitrogen and oxygen atoms in total. The fourth-order valence-electron chi connectivity index (χ4n) is 3.02. The zero-order chi connectivity index (χ0) is 14.5. The highest BCUT2D eigenvalue weighted by molar-refractivity contribution is 5.84. The molecule has 0 radical (unpaired) electrons. The lowest BCUT2D eigenvalue weighted by atomic mass is 9.81. The van der Waals surface area contributed by atoms with E-state index in [2.05, 4.69) is 33.0 Å². The normalized spacial score (nSPS) is 20.4. The van der Waals surface area contributed by atoms with Gasteiger partial charge in [-0.2, -0.15) is 0 Å². The van der Waals surface area contributed by atoms with Gasteiger partial charge in [0.05, 0.1) is 11.6 Å². The molecular weight excluding hydrogens is 240 g/mol. The lowest BCUT2D eigenvalue weighted by Gasteiger charge is -2.35. The fraction of sp³-hybridized carbons (Fsp3) is 0.933. The molecule has 0 aromatic rings. The minimum absolute atomic E-state index is 0.229. The molecule has 0 aromatic carbocycles. The number of hydrogen-bond donors (Lipinski definition) is 2. The van der Waals surface area contributed by atoms with E-state index in [1.54, 1.807) is 0 Å². The Kier molecular flexibility index (Phi) is 6.27. The second-order valence-corrected chi connectivity index (χ2v) is 6.66. The first-order valence-electron chi connectivity index (χ1n) is 7.52. The highest BCUT2D eigenvalue weighted by Gasteiger charge is 2.38. The van der Waals surface area contributed by atoms with Crippen LogP contribution in [-0.4, -0.2) is 30.7 Å². The van der Waals surface area contributed by atoms with Crippen molar-refractivity contribution in [2.75, 3.05) is 13.2 Å². The molecule has 1 saturated heterocycles. The van der Waals surface area contributed by atoms with Crippen molar-refractivity contribution in [1.82, 2.24) is 5.32 Å². The summed E-state index contributed by atoms with van der Waals surface area (Å²) in [4.78, 5) is 12.0. The quantitative estimate of drug-likeness (QED) is 0.709. The molecule has 0 bridgehead atoms. The van der Waals surface area contributed by atoms with E-state index in [1.807, 2.05) is 0 Å². The van der Waals surface area contributed by atoms with Crippen molar-refractivity contribution in [3.8, 4) is 0 Å². The molecule has 1 heterocycles. The molecule has 1 atom stereocenters. The summed E-state index contributed by atoms with van der Waals surface area (Å²) >= 11 is 0. The summed E-state index contributed by atoms with van der Waals surface area (Å²) in [7, 11) is 0. The Morgan fingerprint density at radius 2 is 1.89 bits per heavy atom. The largest absolute Gasteiger partial charge is 0.377 e. The van der Waals surface area contributed by atoms with Gasteiger partial charge in [0.25, 0.3) is 0 Å². The van der Waals surface area contributed by atoms with Crippen LogP contribution in [0.4, 0.5) is 0 Å². The maximum absolute atomic E-state index is 12.0. The third-order valence-electron chi connectivity index (χ3n) is 3.68. The lowest BCUT2D eigenvalue weighted by Crippen LogP contribution is -2.58. The molecule has 1 aliphatic rings. The Hall–Kier alpha value is -0.610. The second-order valence-electron chi connectivity index (χ2n) is 6.66. The molecule has 112 valence electrons. The molecule has 0 spiro atoms. The first kappa shape index (κ1) is 16.4. The second kappa shape index (κ2) is 7.25. The van der Waals surface area contributed by atoms with Crippen LogP contribution in [0.2, 0.25) is 0 Å². The van der Waals surface area contributed by atoms with Gasteiger partial charge in [-0.05, 0) is 37.5 Å². The first-order valence-corrected chi connectivity index (χ1v) is 7.52. The highest BCUT2D eigenvalue weighted by atomic mass is 16.5. The third-order valence-corrected chi connectivity index (χ3v) is 3.68. The Labute approximate surface area is 117 Å². The van der Waals surface area contributed by atoms with Gasteiger partial charge in [-0.15, -0.1) is 0 Å². The molecule has 0 aliphatic carbocycles. The number of amides is 1. The summed E-state index contributed by atoms with van der Waals surface area (Å²) in [5.74, 6) is 0.638. The predicted octanol–water partition coefficient (Wildman–Crippen LogP) is 2.07. The molecule has 1 unspecified atom stereocenters. The summed E-state index contributed by atoms with van der Waals surface area (Å²) < 4.78 is 5.62. The number of primary amides is 1. The van der Waals surface area contributed by atoms with Gasteiger partial charge in [0.2, 0.25) is 5.91 Å². The fourth-order valence-corrected chi connectivity index (χ4v) is 3.02. The van der Waals surface area contributed by atoms with Crippen LogP contribution in [0.1, 0.15) is 53.4 Å². The van der Waals surface area contributed by atoms with Crippen LogP contribution in [0.5, 0.6) is 0 Å². The average molecular weight is 270 g/mol. The van der Waals surface area contributed by atoms with Crippen LogP contribution in [-0.2, 0) is 9.53 Å². The van der Waals surface area contributed by atoms with E-state index in [-0.39, 0.29) is 12.0 Å². The van der Waals surface area contributed by atoms with Gasteiger partial charge >= 0.3 is 0 Å². The molecule has 19 heavy (non-hydrogen) atoms. The van der Waals surface area contributed by atoms with Gasteiger partial charge in [0.15, 0.2) is 0 Å². The highest BCUT2D eigenvalue weighted by Crippen LogP contribution is 2.25. The van der Waals surface area contributed by atoms with Crippen molar-refractivity contribution in [2.45, 2.75) is 65.0 Å². The van der Waals surface area contributed by atoms with Crippen LogP contribution < -0.4 is 11.1 Å². The topological polar surface area (TPSA) is 64.3 Å². The van der Waals surface area contributed by atoms with Crippen molar-refractivity contribution in [3.05, 3.63) is 0 Å². The van der Waals surface area contributed by atoms with Crippen molar-refractivity contribution in [1.29, 1.82) is 0 Å². The Balaban J connectivity index is 2.71. The van der Waals surface area contributed by atoms with Crippen LogP contribution in [0.3, 0.4) is 0 Å². The Bertz CT molecular complexity index is 274. The zero-order valence-corrected chi connectivity index (χ0v) is 12.9. The molecule has 1 fully saturated rings. The lowest BCUT2D eigenvalue weighted by molar-refractivity contribution is -0.126. The van der Waals surface area contributed by atoms with Gasteiger partial charge in [0.1, 0.15) is 0 Å². The van der Waals surface area contributed by atoms with Crippen LogP contribution >= 0.6 is 0 Å². The SMILES string of the molecule is CC(C)CC(CC(C)C)(NCC1CCCO1)C(N)=O. The van der Waals surface area contributed by atoms with E-state index in [0.29, 0.717) is 11.8 Å². The number of hydrogen-bond acceptors (Lipinski definition) is 3. The van der Waals surface area contributed by atoms with E-state index in [9.17, 15) is 4.79 Å². The van der Waals surface area contributed by atoms with E-state index in [0.717, 1.165) is 38.8 Å². The zero-order valence-electron chi connectivity index (χ0n) is 12.9. The van der Waals surface area contributed by atoms with Crippen LogP contribution in [0.15, 0.2) is 0 Å². The third kappa shape index (κ3) is 5.11. The summed E-state index contributed by atoms with van der Waals surface area (Å²) in [5.41, 5.74) is 5.12. The predicted molar refractivity (Wildman–Crippen MR) is 77.8 cm³/mol. The van der Waals surface area contributed by atoms with Gasteiger partial charge in [0, 0.05) is 13.2 Å². The van der Waals surface area contributed by atoms with Crippen LogP contribution in [0, 0.1) is 11.8 Å². The summed E-state index contributed by atoms with van der Waals surface area (Å²) in [6.07, 6.45) is 3.99. The van der Waals surface area contributed by atoms with Gasteiger partial charge < -0.3 is 15.8 Å². The minimum Gasteiger partial charge on any atom is -0.377 e. The summed E-state index contributed by atoms with van der Waals surface area (Å²) in [6.45, 7) is 10.1. The van der Waals surface area contributed by atoms with Crippen molar-refractivity contribution >= 4 is 5.91 Å². The Morgan fingerprint density at radius 3 is 2.26 bits per heavy atom. The average Bonchev–Trinajstić information content (AvgIpc) is 2.76. The standard InChI is InChI=1S/C15H30N2O2/c1-11(2)8-15(14(16)18,9-12(3)4)17-10-13-6-5-7-19-13/h11-13,17H,5-10H2,1-4H3,(H2,16,18).